The number of likely N-dealkylation sites (tertiary alicyclic amines) is 1. The number of carboxylic acids is 1. The van der Waals surface area contributed by atoms with Gasteiger partial charge in [-0.3, -0.25) is 9.59 Å². The van der Waals surface area contributed by atoms with E-state index >= 15 is 0 Å². The molecule has 7 heteroatoms. The first-order valence-electron chi connectivity index (χ1n) is 4.72. The van der Waals surface area contributed by atoms with E-state index in [-0.39, 0.29) is 24.6 Å². The Morgan fingerprint density at radius 3 is 2.75 bits per heavy atom. The van der Waals surface area contributed by atoms with Gasteiger partial charge in [0.1, 0.15) is 6.04 Å². The molecular formula is C9H13NO5S. The van der Waals surface area contributed by atoms with Gasteiger partial charge in [-0.15, -0.1) is 0 Å². The van der Waals surface area contributed by atoms with Gasteiger partial charge >= 0.3 is 11.9 Å². The second-order valence-electron chi connectivity index (χ2n) is 3.51. The second-order valence-corrected chi connectivity index (χ2v) is 3.87. The van der Waals surface area contributed by atoms with Crippen LogP contribution in [-0.2, 0) is 19.1 Å². The quantitative estimate of drug-likeness (QED) is 0.511. The minimum absolute atomic E-state index is 0.00420. The molecule has 0 radical (unpaired) electrons. The average Bonchev–Trinajstić information content (AvgIpc) is 2.60. The largest absolute Gasteiger partial charge is 0.480 e. The molecule has 1 N–H and O–H groups in total. The van der Waals surface area contributed by atoms with Crippen LogP contribution in [0.4, 0.5) is 0 Å². The van der Waals surface area contributed by atoms with E-state index < -0.39 is 23.9 Å². The summed E-state index contributed by atoms with van der Waals surface area (Å²) in [6, 6.07) is -0.981. The molecule has 0 bridgehead atoms. The maximum absolute atomic E-state index is 11.5. The van der Waals surface area contributed by atoms with E-state index in [1.165, 1.54) is 7.11 Å². The molecular weight excluding hydrogens is 234 g/mol. The first kappa shape index (κ1) is 12.8. The number of carbonyl (C=O) groups is 3. The van der Waals surface area contributed by atoms with E-state index in [2.05, 4.69) is 17.4 Å². The maximum Gasteiger partial charge on any atom is 0.327 e. The van der Waals surface area contributed by atoms with Crippen molar-refractivity contribution in [2.24, 2.45) is 5.92 Å². The minimum atomic E-state index is -1.12. The van der Waals surface area contributed by atoms with Crippen molar-refractivity contribution >= 4 is 30.5 Å². The molecule has 0 spiro atoms. The number of aliphatic carboxylic acids is 1. The van der Waals surface area contributed by atoms with Crippen molar-refractivity contribution in [1.82, 2.24) is 4.90 Å². The molecule has 1 fully saturated rings. The van der Waals surface area contributed by atoms with E-state index in [1.807, 2.05) is 0 Å². The molecule has 6 nitrogen and oxygen atoms in total. The van der Waals surface area contributed by atoms with Crippen LogP contribution in [0.1, 0.15) is 6.42 Å². The number of ether oxygens (including phenoxy) is 1. The number of thiol groups is 1. The van der Waals surface area contributed by atoms with Gasteiger partial charge < -0.3 is 14.7 Å². The summed E-state index contributed by atoms with van der Waals surface area (Å²) in [5.74, 6) is -2.50. The van der Waals surface area contributed by atoms with Crippen LogP contribution in [0.3, 0.4) is 0 Å². The molecule has 0 aromatic heterocycles. The van der Waals surface area contributed by atoms with Crippen molar-refractivity contribution in [3.63, 3.8) is 0 Å². The standard InChI is InChI=1S/C9H13NO5S/c1-15-9(14)5-2-7(11)10(3-5)6(4-16)8(12)13/h5-6,16H,2-4H2,1H3,(H,12,13)/t5?,6-/m0/s1. The smallest absolute Gasteiger partial charge is 0.327 e. The first-order valence-corrected chi connectivity index (χ1v) is 5.35. The topological polar surface area (TPSA) is 83.9 Å². The second kappa shape index (κ2) is 5.20. The van der Waals surface area contributed by atoms with Gasteiger partial charge in [-0.2, -0.15) is 12.6 Å². The number of rotatable bonds is 4. The lowest BCUT2D eigenvalue weighted by molar-refractivity contribution is -0.147. The van der Waals surface area contributed by atoms with Crippen LogP contribution < -0.4 is 0 Å². The highest BCUT2D eigenvalue weighted by Gasteiger charge is 2.40. The number of hydrogen-bond donors (Lipinski definition) is 2. The molecule has 16 heavy (non-hydrogen) atoms. The van der Waals surface area contributed by atoms with Crippen LogP contribution >= 0.6 is 12.6 Å². The Balaban J connectivity index is 2.74. The molecule has 1 saturated heterocycles. The third-order valence-electron chi connectivity index (χ3n) is 2.53. The average molecular weight is 247 g/mol. The highest BCUT2D eigenvalue weighted by molar-refractivity contribution is 7.80. The van der Waals surface area contributed by atoms with E-state index in [1.54, 1.807) is 0 Å². The summed E-state index contributed by atoms with van der Waals surface area (Å²) in [7, 11) is 1.24. The molecule has 0 aromatic rings. The zero-order chi connectivity index (χ0) is 12.3. The Kier molecular flexibility index (Phi) is 4.17. The zero-order valence-electron chi connectivity index (χ0n) is 8.75. The summed E-state index contributed by atoms with van der Waals surface area (Å²) in [6.07, 6.45) is 0.00420. The van der Waals surface area contributed by atoms with Crippen LogP contribution in [0.2, 0.25) is 0 Å². The number of carboxylic acid groups (broad SMARTS) is 1. The van der Waals surface area contributed by atoms with Crippen molar-refractivity contribution in [1.29, 1.82) is 0 Å². The van der Waals surface area contributed by atoms with Crippen LogP contribution in [-0.4, -0.2) is 53.3 Å². The Bertz CT molecular complexity index is 319. The van der Waals surface area contributed by atoms with Crippen LogP contribution in [0, 0.1) is 5.92 Å². The predicted octanol–water partition coefficient (Wildman–Crippen LogP) is -0.609. The number of carbonyl (C=O) groups excluding carboxylic acids is 2. The molecule has 2 atom stereocenters. The summed E-state index contributed by atoms with van der Waals surface area (Å²) in [4.78, 5) is 34.8. The lowest BCUT2D eigenvalue weighted by Gasteiger charge is -2.22. The zero-order valence-corrected chi connectivity index (χ0v) is 9.65. The molecule has 1 aliphatic rings. The molecule has 1 rings (SSSR count). The lowest BCUT2D eigenvalue weighted by atomic mass is 10.1. The first-order chi connectivity index (χ1) is 7.51. The molecule has 0 aliphatic carbocycles. The molecule has 1 heterocycles. The minimum Gasteiger partial charge on any atom is -0.480 e. The summed E-state index contributed by atoms with van der Waals surface area (Å²) in [5, 5.41) is 8.87. The van der Waals surface area contributed by atoms with Crippen molar-refractivity contribution < 1.29 is 24.2 Å². The predicted molar refractivity (Wildman–Crippen MR) is 57.1 cm³/mol. The van der Waals surface area contributed by atoms with E-state index in [4.69, 9.17) is 5.11 Å². The normalized spacial score (nSPS) is 22.0. The Labute approximate surface area is 98.0 Å². The van der Waals surface area contributed by atoms with Gasteiger partial charge in [0.2, 0.25) is 5.91 Å². The monoisotopic (exact) mass is 247 g/mol. The van der Waals surface area contributed by atoms with Gasteiger partial charge in [-0.1, -0.05) is 0 Å². The van der Waals surface area contributed by atoms with Crippen molar-refractivity contribution in [3.05, 3.63) is 0 Å². The fourth-order valence-electron chi connectivity index (χ4n) is 1.67. The van der Waals surface area contributed by atoms with Gasteiger partial charge in [0.25, 0.3) is 0 Å². The molecule has 1 amide bonds. The van der Waals surface area contributed by atoms with Gasteiger partial charge in [0, 0.05) is 18.7 Å². The Morgan fingerprint density at radius 2 is 2.31 bits per heavy atom. The molecule has 0 saturated carbocycles. The van der Waals surface area contributed by atoms with Crippen LogP contribution in [0.15, 0.2) is 0 Å². The van der Waals surface area contributed by atoms with Gasteiger partial charge in [0.15, 0.2) is 0 Å². The van der Waals surface area contributed by atoms with E-state index in [0.717, 1.165) is 4.90 Å². The maximum atomic E-state index is 11.5. The van der Waals surface area contributed by atoms with E-state index in [9.17, 15) is 14.4 Å². The number of nitrogens with zero attached hydrogens (tertiary/aromatic N) is 1. The highest BCUT2D eigenvalue weighted by atomic mass is 32.1. The third kappa shape index (κ3) is 2.46. The number of hydrogen-bond acceptors (Lipinski definition) is 5. The van der Waals surface area contributed by atoms with Crippen LogP contribution in [0.5, 0.6) is 0 Å². The number of methoxy groups -OCH3 is 1. The van der Waals surface area contributed by atoms with Crippen LogP contribution in [0.25, 0.3) is 0 Å². The Morgan fingerprint density at radius 1 is 1.69 bits per heavy atom. The summed E-state index contributed by atoms with van der Waals surface area (Å²) >= 11 is 3.88. The van der Waals surface area contributed by atoms with Gasteiger partial charge in [-0.05, 0) is 0 Å². The fraction of sp³-hybridized carbons (Fsp3) is 0.667. The van der Waals surface area contributed by atoms with E-state index in [0.29, 0.717) is 0 Å². The number of amides is 1. The summed E-state index contributed by atoms with van der Waals surface area (Å²) < 4.78 is 4.52. The summed E-state index contributed by atoms with van der Waals surface area (Å²) in [5.41, 5.74) is 0. The Hall–Kier alpha value is -1.24. The fourth-order valence-corrected chi connectivity index (χ4v) is 2.02. The van der Waals surface area contributed by atoms with Crippen molar-refractivity contribution in [2.75, 3.05) is 19.4 Å². The summed E-state index contributed by atoms with van der Waals surface area (Å²) in [6.45, 7) is 0.0863. The third-order valence-corrected chi connectivity index (χ3v) is 2.87. The molecule has 90 valence electrons. The number of esters is 1. The lowest BCUT2D eigenvalue weighted by Crippen LogP contribution is -2.43. The molecule has 1 unspecified atom stereocenters. The molecule has 1 aliphatic heterocycles. The van der Waals surface area contributed by atoms with Gasteiger partial charge in [0.05, 0.1) is 13.0 Å². The van der Waals surface area contributed by atoms with Gasteiger partial charge in [-0.25, -0.2) is 4.79 Å². The SMILES string of the molecule is COC(=O)C1CC(=O)N([C@@H](CS)C(=O)O)C1. The van der Waals surface area contributed by atoms with Crippen molar-refractivity contribution in [3.8, 4) is 0 Å². The highest BCUT2D eigenvalue weighted by Crippen LogP contribution is 2.21. The van der Waals surface area contributed by atoms with Crippen molar-refractivity contribution in [2.45, 2.75) is 12.5 Å². The molecule has 0 aromatic carbocycles.